The Kier molecular flexibility index (Phi) is 4.34. The van der Waals surface area contributed by atoms with Gasteiger partial charge >= 0.3 is 0 Å². The first kappa shape index (κ1) is 15.5. The van der Waals surface area contributed by atoms with E-state index in [0.29, 0.717) is 23.5 Å². The summed E-state index contributed by atoms with van der Waals surface area (Å²) in [6.45, 7) is 3.73. The molecule has 0 saturated carbocycles. The summed E-state index contributed by atoms with van der Waals surface area (Å²) in [6.07, 6.45) is 1.46. The number of rotatable bonds is 5. The second kappa shape index (κ2) is 5.87. The molecule has 0 aliphatic heterocycles. The molecule has 1 aromatic heterocycles. The number of aliphatic hydroxyl groups is 1. The fraction of sp³-hybridized carbons (Fsp3) is 0.286. The lowest BCUT2D eigenvalue weighted by molar-refractivity contribution is 0.271. The van der Waals surface area contributed by atoms with Crippen molar-refractivity contribution in [3.63, 3.8) is 0 Å². The first-order valence-electron chi connectivity index (χ1n) is 6.46. The lowest BCUT2D eigenvalue weighted by Gasteiger charge is -2.07. The van der Waals surface area contributed by atoms with Gasteiger partial charge in [-0.2, -0.15) is 0 Å². The van der Waals surface area contributed by atoms with Crippen LogP contribution in [-0.4, -0.2) is 18.1 Å². The number of aliphatic hydroxyl groups excluding tert-OH is 1. The molecule has 2 N–H and O–H groups in total. The van der Waals surface area contributed by atoms with Crippen LogP contribution in [0.15, 0.2) is 35.4 Å². The first-order valence-corrected chi connectivity index (χ1v) is 7.94. The SMILES string of the molecule is CCn1cc(S(=O)(=O)Nc2ccc(F)c(C)c2)cc1CO. The molecular formula is C14H17FN2O3S. The normalized spacial score (nSPS) is 11.6. The molecule has 2 aromatic rings. The molecule has 0 fully saturated rings. The Balaban J connectivity index is 2.33. The van der Waals surface area contributed by atoms with Gasteiger partial charge in [0.15, 0.2) is 0 Å². The monoisotopic (exact) mass is 312 g/mol. The molecule has 0 radical (unpaired) electrons. The van der Waals surface area contributed by atoms with Crippen LogP contribution < -0.4 is 4.72 Å². The highest BCUT2D eigenvalue weighted by atomic mass is 32.2. The third-order valence-corrected chi connectivity index (χ3v) is 4.53. The highest BCUT2D eigenvalue weighted by Crippen LogP contribution is 2.20. The van der Waals surface area contributed by atoms with Crippen molar-refractivity contribution in [2.24, 2.45) is 0 Å². The minimum atomic E-state index is -3.77. The predicted molar refractivity (Wildman–Crippen MR) is 78.0 cm³/mol. The molecule has 0 bridgehead atoms. The number of nitrogens with one attached hydrogen (secondary N) is 1. The number of benzene rings is 1. The minimum Gasteiger partial charge on any atom is -0.390 e. The smallest absolute Gasteiger partial charge is 0.263 e. The number of hydrogen-bond donors (Lipinski definition) is 2. The van der Waals surface area contributed by atoms with E-state index < -0.39 is 15.8 Å². The van der Waals surface area contributed by atoms with Gasteiger partial charge in [0.2, 0.25) is 0 Å². The average Bonchev–Trinajstić information content (AvgIpc) is 2.86. The van der Waals surface area contributed by atoms with Crippen LogP contribution in [0.3, 0.4) is 0 Å². The van der Waals surface area contributed by atoms with Crippen molar-refractivity contribution in [1.82, 2.24) is 4.57 Å². The maximum Gasteiger partial charge on any atom is 0.263 e. The van der Waals surface area contributed by atoms with Gasteiger partial charge in [-0.1, -0.05) is 0 Å². The summed E-state index contributed by atoms with van der Waals surface area (Å²) < 4.78 is 41.8. The maximum atomic E-state index is 13.2. The average molecular weight is 312 g/mol. The molecule has 7 heteroatoms. The fourth-order valence-electron chi connectivity index (χ4n) is 2.02. The van der Waals surface area contributed by atoms with Crippen LogP contribution >= 0.6 is 0 Å². The van der Waals surface area contributed by atoms with Gasteiger partial charge in [-0.3, -0.25) is 4.72 Å². The molecule has 0 atom stereocenters. The Morgan fingerprint density at radius 1 is 1.33 bits per heavy atom. The van der Waals surface area contributed by atoms with Crippen LogP contribution in [-0.2, 0) is 23.2 Å². The summed E-state index contributed by atoms with van der Waals surface area (Å²) in [7, 11) is -3.77. The predicted octanol–water partition coefficient (Wildman–Crippen LogP) is 2.25. The summed E-state index contributed by atoms with van der Waals surface area (Å²) in [6, 6.07) is 5.42. The number of hydrogen-bond acceptors (Lipinski definition) is 3. The molecule has 2 rings (SSSR count). The quantitative estimate of drug-likeness (QED) is 0.889. The number of anilines is 1. The van der Waals surface area contributed by atoms with E-state index in [1.54, 1.807) is 11.5 Å². The van der Waals surface area contributed by atoms with Crippen molar-refractivity contribution < 1.29 is 17.9 Å². The molecule has 114 valence electrons. The van der Waals surface area contributed by atoms with Crippen LogP contribution in [0.1, 0.15) is 18.2 Å². The molecule has 0 aliphatic carbocycles. The van der Waals surface area contributed by atoms with E-state index in [2.05, 4.69) is 4.72 Å². The van der Waals surface area contributed by atoms with Gasteiger partial charge in [0.25, 0.3) is 10.0 Å². The summed E-state index contributed by atoms with van der Waals surface area (Å²) in [5.74, 6) is -0.391. The highest BCUT2D eigenvalue weighted by Gasteiger charge is 2.18. The van der Waals surface area contributed by atoms with Gasteiger partial charge < -0.3 is 9.67 Å². The standard InChI is InChI=1S/C14H17FN2O3S/c1-3-17-8-13(7-12(17)9-18)21(19,20)16-11-4-5-14(15)10(2)6-11/h4-8,16,18H,3,9H2,1-2H3. The number of aromatic nitrogens is 1. The van der Waals surface area contributed by atoms with Crippen LogP contribution in [0.25, 0.3) is 0 Å². The van der Waals surface area contributed by atoms with Gasteiger partial charge in [0.1, 0.15) is 10.7 Å². The van der Waals surface area contributed by atoms with Crippen LogP contribution in [0.4, 0.5) is 10.1 Å². The second-order valence-electron chi connectivity index (χ2n) is 4.68. The Bertz CT molecular complexity index is 732. The third-order valence-electron chi connectivity index (χ3n) is 3.18. The maximum absolute atomic E-state index is 13.2. The highest BCUT2D eigenvalue weighted by molar-refractivity contribution is 7.92. The van der Waals surface area contributed by atoms with E-state index >= 15 is 0 Å². The summed E-state index contributed by atoms with van der Waals surface area (Å²) in [5.41, 5.74) is 1.18. The molecule has 0 saturated heterocycles. The van der Waals surface area contributed by atoms with Gasteiger partial charge in [-0.15, -0.1) is 0 Å². The zero-order chi connectivity index (χ0) is 15.6. The lowest BCUT2D eigenvalue weighted by Crippen LogP contribution is -2.12. The number of aryl methyl sites for hydroxylation is 2. The number of nitrogens with zero attached hydrogens (tertiary/aromatic N) is 1. The molecule has 5 nitrogen and oxygen atoms in total. The van der Waals surface area contributed by atoms with E-state index in [-0.39, 0.29) is 11.5 Å². The van der Waals surface area contributed by atoms with Crippen molar-refractivity contribution in [2.75, 3.05) is 4.72 Å². The Morgan fingerprint density at radius 2 is 2.05 bits per heavy atom. The summed E-state index contributed by atoms with van der Waals surface area (Å²) >= 11 is 0. The molecule has 1 aromatic carbocycles. The van der Waals surface area contributed by atoms with E-state index in [1.165, 1.54) is 30.5 Å². The van der Waals surface area contributed by atoms with Crippen molar-refractivity contribution >= 4 is 15.7 Å². The van der Waals surface area contributed by atoms with Crippen LogP contribution in [0.5, 0.6) is 0 Å². The number of sulfonamides is 1. The van der Waals surface area contributed by atoms with Gasteiger partial charge in [-0.25, -0.2) is 12.8 Å². The van der Waals surface area contributed by atoms with Crippen molar-refractivity contribution in [3.8, 4) is 0 Å². The van der Waals surface area contributed by atoms with Gasteiger partial charge in [0, 0.05) is 24.1 Å². The zero-order valence-electron chi connectivity index (χ0n) is 11.8. The van der Waals surface area contributed by atoms with Crippen molar-refractivity contribution in [3.05, 3.63) is 47.5 Å². The Morgan fingerprint density at radius 3 is 2.57 bits per heavy atom. The molecule has 0 unspecified atom stereocenters. The van der Waals surface area contributed by atoms with Crippen LogP contribution in [0, 0.1) is 12.7 Å². The number of halogens is 1. The summed E-state index contributed by atoms with van der Waals surface area (Å²) in [4.78, 5) is 0.0652. The third kappa shape index (κ3) is 3.25. The molecule has 0 spiro atoms. The van der Waals surface area contributed by atoms with Gasteiger partial charge in [0.05, 0.1) is 6.61 Å². The van der Waals surface area contributed by atoms with Gasteiger partial charge in [-0.05, 0) is 43.7 Å². The largest absolute Gasteiger partial charge is 0.390 e. The first-order chi connectivity index (χ1) is 9.87. The Labute approximate surface area is 123 Å². The van der Waals surface area contributed by atoms with E-state index in [0.717, 1.165) is 0 Å². The second-order valence-corrected chi connectivity index (χ2v) is 6.36. The Hall–Kier alpha value is -1.86. The zero-order valence-corrected chi connectivity index (χ0v) is 12.6. The van der Waals surface area contributed by atoms with E-state index in [9.17, 15) is 17.9 Å². The minimum absolute atomic E-state index is 0.0652. The molecule has 0 amide bonds. The van der Waals surface area contributed by atoms with Crippen molar-refractivity contribution in [2.45, 2.75) is 31.9 Å². The van der Waals surface area contributed by atoms with Crippen molar-refractivity contribution in [1.29, 1.82) is 0 Å². The molecule has 0 aliphatic rings. The van der Waals surface area contributed by atoms with E-state index in [4.69, 9.17) is 0 Å². The molecular weight excluding hydrogens is 295 g/mol. The lowest BCUT2D eigenvalue weighted by atomic mass is 10.2. The van der Waals surface area contributed by atoms with Crippen LogP contribution in [0.2, 0.25) is 0 Å². The molecule has 1 heterocycles. The molecule has 21 heavy (non-hydrogen) atoms. The topological polar surface area (TPSA) is 71.3 Å². The summed E-state index contributed by atoms with van der Waals surface area (Å²) in [5, 5.41) is 9.21. The fourth-order valence-corrected chi connectivity index (χ4v) is 3.13. The van der Waals surface area contributed by atoms with E-state index in [1.807, 2.05) is 6.92 Å².